The molecule has 2 atom stereocenters. The van der Waals surface area contributed by atoms with Crippen LogP contribution in [-0.4, -0.2) is 63.5 Å². The van der Waals surface area contributed by atoms with Gasteiger partial charge in [0, 0.05) is 26.2 Å². The van der Waals surface area contributed by atoms with E-state index < -0.39 is 0 Å². The molecule has 0 amide bonds. The van der Waals surface area contributed by atoms with Gasteiger partial charge < -0.3 is 14.8 Å². The van der Waals surface area contributed by atoms with Gasteiger partial charge in [-0.15, -0.1) is 12.4 Å². The number of rotatable bonds is 6. The third kappa shape index (κ3) is 5.49. The van der Waals surface area contributed by atoms with Crippen molar-refractivity contribution in [3.05, 3.63) is 0 Å². The van der Waals surface area contributed by atoms with Crippen molar-refractivity contribution in [2.75, 3.05) is 52.5 Å². The lowest BCUT2D eigenvalue weighted by molar-refractivity contribution is -0.0735. The Bertz CT molecular complexity index is 271. The van der Waals surface area contributed by atoms with Crippen LogP contribution in [-0.2, 0) is 9.47 Å². The molecule has 1 saturated carbocycles. The van der Waals surface area contributed by atoms with E-state index in [0.29, 0.717) is 6.10 Å². The van der Waals surface area contributed by atoms with E-state index in [2.05, 4.69) is 10.2 Å². The third-order valence-corrected chi connectivity index (χ3v) is 4.49. The topological polar surface area (TPSA) is 33.7 Å². The Hall–Kier alpha value is 0.130. The number of nitrogens with one attached hydrogen (secondary N) is 1. The molecule has 5 heteroatoms. The molecule has 2 aliphatic heterocycles. The molecule has 1 N–H and O–H groups in total. The SMILES string of the molecule is C1CNCC(CN2CCOC(COCC3CC3)C2)C1.Cl. The molecule has 20 heavy (non-hydrogen) atoms. The van der Waals surface area contributed by atoms with Crippen molar-refractivity contribution in [2.45, 2.75) is 31.8 Å². The molecule has 2 unspecified atom stereocenters. The molecule has 0 spiro atoms. The first-order chi connectivity index (χ1) is 9.40. The average molecular weight is 305 g/mol. The van der Waals surface area contributed by atoms with Gasteiger partial charge in [-0.05, 0) is 50.6 Å². The van der Waals surface area contributed by atoms with Crippen LogP contribution in [0.4, 0.5) is 0 Å². The molecule has 2 saturated heterocycles. The van der Waals surface area contributed by atoms with Crippen molar-refractivity contribution in [1.82, 2.24) is 10.2 Å². The standard InChI is InChI=1S/C15H28N2O2.ClH/c1-2-14(8-16-5-1)9-17-6-7-19-15(10-17)12-18-11-13-3-4-13;/h13-16H,1-12H2;1H. The van der Waals surface area contributed by atoms with Crippen molar-refractivity contribution >= 4 is 12.4 Å². The van der Waals surface area contributed by atoms with Gasteiger partial charge >= 0.3 is 0 Å². The summed E-state index contributed by atoms with van der Waals surface area (Å²) in [6.07, 6.45) is 5.75. The molecular formula is C15H29ClN2O2. The van der Waals surface area contributed by atoms with Crippen LogP contribution in [0.3, 0.4) is 0 Å². The van der Waals surface area contributed by atoms with Crippen LogP contribution in [0.1, 0.15) is 25.7 Å². The monoisotopic (exact) mass is 304 g/mol. The second-order valence-corrected chi connectivity index (χ2v) is 6.45. The summed E-state index contributed by atoms with van der Waals surface area (Å²) in [6.45, 7) is 8.39. The predicted molar refractivity (Wildman–Crippen MR) is 82.6 cm³/mol. The second kappa shape index (κ2) is 8.54. The molecule has 1 aliphatic carbocycles. The first-order valence-corrected chi connectivity index (χ1v) is 8.02. The zero-order chi connectivity index (χ0) is 12.9. The summed E-state index contributed by atoms with van der Waals surface area (Å²) in [5.74, 6) is 1.69. The van der Waals surface area contributed by atoms with Crippen LogP contribution >= 0.6 is 12.4 Å². The van der Waals surface area contributed by atoms with Gasteiger partial charge in [0.05, 0.1) is 19.3 Å². The van der Waals surface area contributed by atoms with Crippen LogP contribution in [0.15, 0.2) is 0 Å². The van der Waals surface area contributed by atoms with Gasteiger partial charge in [0.15, 0.2) is 0 Å². The second-order valence-electron chi connectivity index (χ2n) is 6.45. The molecule has 2 heterocycles. The molecule has 0 radical (unpaired) electrons. The maximum Gasteiger partial charge on any atom is 0.0935 e. The van der Waals surface area contributed by atoms with Gasteiger partial charge in [-0.1, -0.05) is 0 Å². The Morgan fingerprint density at radius 2 is 2.05 bits per heavy atom. The Morgan fingerprint density at radius 1 is 1.15 bits per heavy atom. The summed E-state index contributed by atoms with van der Waals surface area (Å²) in [7, 11) is 0. The Balaban J connectivity index is 0.00000147. The molecule has 118 valence electrons. The van der Waals surface area contributed by atoms with Gasteiger partial charge in [0.25, 0.3) is 0 Å². The van der Waals surface area contributed by atoms with Crippen molar-refractivity contribution in [3.8, 4) is 0 Å². The summed E-state index contributed by atoms with van der Waals surface area (Å²) in [4.78, 5) is 2.58. The number of piperidine rings is 1. The lowest BCUT2D eigenvalue weighted by Gasteiger charge is -2.36. The Morgan fingerprint density at radius 3 is 2.80 bits per heavy atom. The van der Waals surface area contributed by atoms with Crippen molar-refractivity contribution in [3.63, 3.8) is 0 Å². The molecule has 0 aromatic heterocycles. The van der Waals surface area contributed by atoms with E-state index >= 15 is 0 Å². The summed E-state index contributed by atoms with van der Waals surface area (Å²) < 4.78 is 11.6. The van der Waals surface area contributed by atoms with E-state index in [1.165, 1.54) is 45.3 Å². The smallest absolute Gasteiger partial charge is 0.0935 e. The van der Waals surface area contributed by atoms with Gasteiger partial charge in [-0.3, -0.25) is 4.90 Å². The number of nitrogens with zero attached hydrogens (tertiary/aromatic N) is 1. The van der Waals surface area contributed by atoms with Gasteiger partial charge in [0.1, 0.15) is 0 Å². The largest absolute Gasteiger partial charge is 0.378 e. The van der Waals surface area contributed by atoms with Crippen molar-refractivity contribution < 1.29 is 9.47 Å². The zero-order valence-corrected chi connectivity index (χ0v) is 13.2. The van der Waals surface area contributed by atoms with E-state index in [1.807, 2.05) is 0 Å². The fraction of sp³-hybridized carbons (Fsp3) is 1.00. The number of hydrogen-bond acceptors (Lipinski definition) is 4. The minimum absolute atomic E-state index is 0. The Labute approximate surface area is 129 Å². The number of halogens is 1. The molecular weight excluding hydrogens is 276 g/mol. The number of morpholine rings is 1. The fourth-order valence-corrected chi connectivity index (χ4v) is 3.14. The molecule has 0 aromatic rings. The summed E-state index contributed by atoms with van der Waals surface area (Å²) in [5, 5.41) is 3.51. The normalized spacial score (nSPS) is 31.8. The lowest BCUT2D eigenvalue weighted by atomic mass is 9.99. The highest BCUT2D eigenvalue weighted by molar-refractivity contribution is 5.85. The first kappa shape index (κ1) is 16.5. The maximum atomic E-state index is 5.82. The van der Waals surface area contributed by atoms with Gasteiger partial charge in [0.2, 0.25) is 0 Å². The highest BCUT2D eigenvalue weighted by Gasteiger charge is 2.25. The highest BCUT2D eigenvalue weighted by atomic mass is 35.5. The van der Waals surface area contributed by atoms with E-state index in [-0.39, 0.29) is 12.4 Å². The van der Waals surface area contributed by atoms with Crippen LogP contribution in [0, 0.1) is 11.8 Å². The van der Waals surface area contributed by atoms with Crippen LogP contribution in [0.2, 0.25) is 0 Å². The number of ether oxygens (including phenoxy) is 2. The number of hydrogen-bond donors (Lipinski definition) is 1. The maximum absolute atomic E-state index is 5.82. The summed E-state index contributed by atoms with van der Waals surface area (Å²) >= 11 is 0. The lowest BCUT2D eigenvalue weighted by Crippen LogP contribution is -2.48. The predicted octanol–water partition coefficient (Wildman–Crippen LogP) is 1.54. The van der Waals surface area contributed by atoms with E-state index in [0.717, 1.165) is 44.7 Å². The van der Waals surface area contributed by atoms with Gasteiger partial charge in [-0.25, -0.2) is 0 Å². The summed E-state index contributed by atoms with van der Waals surface area (Å²) in [6, 6.07) is 0. The highest BCUT2D eigenvalue weighted by Crippen LogP contribution is 2.28. The Kier molecular flexibility index (Phi) is 7.05. The minimum atomic E-state index is 0. The molecule has 4 nitrogen and oxygen atoms in total. The third-order valence-electron chi connectivity index (χ3n) is 4.49. The quantitative estimate of drug-likeness (QED) is 0.807. The first-order valence-electron chi connectivity index (χ1n) is 8.02. The van der Waals surface area contributed by atoms with Crippen molar-refractivity contribution in [1.29, 1.82) is 0 Å². The van der Waals surface area contributed by atoms with Crippen molar-refractivity contribution in [2.24, 2.45) is 11.8 Å². The van der Waals surface area contributed by atoms with E-state index in [4.69, 9.17) is 9.47 Å². The molecule has 3 rings (SSSR count). The molecule has 3 aliphatic rings. The molecule has 3 fully saturated rings. The average Bonchev–Trinajstić information content (AvgIpc) is 3.25. The zero-order valence-electron chi connectivity index (χ0n) is 12.4. The van der Waals surface area contributed by atoms with Crippen LogP contribution in [0.5, 0.6) is 0 Å². The van der Waals surface area contributed by atoms with E-state index in [1.54, 1.807) is 0 Å². The van der Waals surface area contributed by atoms with Gasteiger partial charge in [-0.2, -0.15) is 0 Å². The minimum Gasteiger partial charge on any atom is -0.378 e. The van der Waals surface area contributed by atoms with Crippen LogP contribution in [0.25, 0.3) is 0 Å². The molecule has 0 aromatic carbocycles. The fourth-order valence-electron chi connectivity index (χ4n) is 3.14. The molecule has 0 bridgehead atoms. The van der Waals surface area contributed by atoms with Crippen LogP contribution < -0.4 is 5.32 Å². The van der Waals surface area contributed by atoms with E-state index in [9.17, 15) is 0 Å². The summed E-state index contributed by atoms with van der Waals surface area (Å²) in [5.41, 5.74) is 0.